The molecular weight excluding hydrogens is 328 g/mol. The lowest BCUT2D eigenvalue weighted by molar-refractivity contribution is -0.121. The lowest BCUT2D eigenvalue weighted by Crippen LogP contribution is -2.63. The van der Waals surface area contributed by atoms with Crippen molar-refractivity contribution in [2.45, 2.75) is 50.5 Å². The largest absolute Gasteiger partial charge is 0.356 e. The summed E-state index contributed by atoms with van der Waals surface area (Å²) in [6, 6.07) is 0. The first kappa shape index (κ1) is 18.1. The molecule has 1 N–H and O–H groups in total. The Balaban J connectivity index is 1.77. The minimum atomic E-state index is -3.40. The van der Waals surface area contributed by atoms with Crippen molar-refractivity contribution in [2.75, 3.05) is 46.3 Å². The van der Waals surface area contributed by atoms with E-state index in [1.165, 1.54) is 0 Å². The van der Waals surface area contributed by atoms with Crippen molar-refractivity contribution in [3.05, 3.63) is 0 Å². The molecule has 3 rings (SSSR count). The van der Waals surface area contributed by atoms with Crippen LogP contribution in [-0.4, -0.2) is 79.7 Å². The molecule has 0 aliphatic carbocycles. The first-order chi connectivity index (χ1) is 11.4. The van der Waals surface area contributed by atoms with Crippen molar-refractivity contribution in [1.29, 1.82) is 0 Å². The molecule has 3 aliphatic rings. The summed E-state index contributed by atoms with van der Waals surface area (Å²) in [4.78, 5) is 14.0. The van der Waals surface area contributed by atoms with Crippen molar-refractivity contribution in [2.24, 2.45) is 0 Å². The van der Waals surface area contributed by atoms with Gasteiger partial charge in [-0.25, -0.2) is 0 Å². The molecule has 3 heterocycles. The molecule has 0 aromatic heterocycles. The van der Waals surface area contributed by atoms with E-state index >= 15 is 0 Å². The van der Waals surface area contributed by atoms with Crippen LogP contribution in [0.5, 0.6) is 0 Å². The zero-order valence-electron chi connectivity index (χ0n) is 14.7. The fourth-order valence-corrected chi connectivity index (χ4v) is 5.96. The third-order valence-corrected chi connectivity index (χ3v) is 7.89. The van der Waals surface area contributed by atoms with Gasteiger partial charge in [0.05, 0.1) is 0 Å². The van der Waals surface area contributed by atoms with Crippen LogP contribution in [0.1, 0.15) is 44.9 Å². The molecule has 0 bridgehead atoms. The van der Waals surface area contributed by atoms with E-state index in [4.69, 9.17) is 0 Å². The highest BCUT2D eigenvalue weighted by Crippen LogP contribution is 2.32. The Morgan fingerprint density at radius 1 is 0.958 bits per heavy atom. The molecule has 24 heavy (non-hydrogen) atoms. The molecule has 0 radical (unpaired) electrons. The zero-order chi connectivity index (χ0) is 17.2. The van der Waals surface area contributed by atoms with E-state index in [0.717, 1.165) is 45.1 Å². The van der Waals surface area contributed by atoms with Gasteiger partial charge in [0.25, 0.3) is 10.2 Å². The van der Waals surface area contributed by atoms with Gasteiger partial charge in [0.2, 0.25) is 5.91 Å². The van der Waals surface area contributed by atoms with Crippen LogP contribution < -0.4 is 5.32 Å². The van der Waals surface area contributed by atoms with Crippen molar-refractivity contribution >= 4 is 16.1 Å². The van der Waals surface area contributed by atoms with Crippen LogP contribution in [0.2, 0.25) is 0 Å². The lowest BCUT2D eigenvalue weighted by atomic mass is 9.87. The maximum atomic E-state index is 13.1. The summed E-state index contributed by atoms with van der Waals surface area (Å²) < 4.78 is 29.6. The first-order valence-electron chi connectivity index (χ1n) is 9.17. The van der Waals surface area contributed by atoms with Crippen LogP contribution in [0, 0.1) is 0 Å². The van der Waals surface area contributed by atoms with Gasteiger partial charge in [-0.05, 0) is 32.7 Å². The van der Waals surface area contributed by atoms with Crippen molar-refractivity contribution in [1.82, 2.24) is 18.8 Å². The van der Waals surface area contributed by atoms with E-state index in [9.17, 15) is 13.2 Å². The van der Waals surface area contributed by atoms with Crippen molar-refractivity contribution in [3.8, 4) is 0 Å². The smallest absolute Gasteiger partial charge is 0.282 e. The fourth-order valence-electron chi connectivity index (χ4n) is 4.19. The van der Waals surface area contributed by atoms with Crippen LogP contribution in [-0.2, 0) is 15.0 Å². The second-order valence-electron chi connectivity index (χ2n) is 7.40. The number of carbonyl (C=O) groups is 1. The number of nitrogens with one attached hydrogen (secondary N) is 1. The summed E-state index contributed by atoms with van der Waals surface area (Å²) in [6.45, 7) is 3.67. The normalized spacial score (nSPS) is 32.3. The average Bonchev–Trinajstić information content (AvgIpc) is 2.93. The maximum Gasteiger partial charge on any atom is 0.282 e. The van der Waals surface area contributed by atoms with Gasteiger partial charge in [-0.1, -0.05) is 12.8 Å². The summed E-state index contributed by atoms with van der Waals surface area (Å²) in [5, 5.41) is 2.92. The molecule has 1 spiro atoms. The highest BCUT2D eigenvalue weighted by Gasteiger charge is 2.45. The number of carbonyl (C=O) groups excluding carboxylic acids is 1. The zero-order valence-corrected chi connectivity index (χ0v) is 15.5. The Hall–Kier alpha value is -0.700. The van der Waals surface area contributed by atoms with Gasteiger partial charge in [-0.2, -0.15) is 17.0 Å². The Morgan fingerprint density at radius 2 is 1.67 bits per heavy atom. The van der Waals surface area contributed by atoms with E-state index in [0.29, 0.717) is 39.1 Å². The number of nitrogens with zero attached hydrogens (tertiary/aromatic N) is 3. The molecule has 3 fully saturated rings. The highest BCUT2D eigenvalue weighted by molar-refractivity contribution is 7.86. The number of piperazine rings is 1. The monoisotopic (exact) mass is 358 g/mol. The Kier molecular flexibility index (Phi) is 5.48. The van der Waals surface area contributed by atoms with Gasteiger partial charge in [0.15, 0.2) is 0 Å². The van der Waals surface area contributed by atoms with Crippen LogP contribution in [0.4, 0.5) is 0 Å². The van der Waals surface area contributed by atoms with Crippen molar-refractivity contribution < 1.29 is 13.2 Å². The molecule has 0 aromatic carbocycles. The van der Waals surface area contributed by atoms with Gasteiger partial charge < -0.3 is 5.32 Å². The summed E-state index contributed by atoms with van der Waals surface area (Å²) >= 11 is 0. The molecule has 1 unspecified atom stereocenters. The minimum Gasteiger partial charge on any atom is -0.356 e. The summed E-state index contributed by atoms with van der Waals surface area (Å²) in [6.07, 6.45) is 6.15. The summed E-state index contributed by atoms with van der Waals surface area (Å²) in [5.41, 5.74) is -0.226. The summed E-state index contributed by atoms with van der Waals surface area (Å²) in [5.74, 6) is 0.0766. The average molecular weight is 359 g/mol. The molecular formula is C16H30N4O3S. The Labute approximate surface area is 145 Å². The Bertz CT molecular complexity index is 560. The molecule has 1 atom stereocenters. The number of likely N-dealkylation sites (N-methyl/N-ethyl adjacent to an activating group) is 1. The third kappa shape index (κ3) is 3.61. The number of hydrogen-bond donors (Lipinski definition) is 1. The molecule has 0 saturated carbocycles. The van der Waals surface area contributed by atoms with Gasteiger partial charge in [-0.15, -0.1) is 0 Å². The van der Waals surface area contributed by atoms with E-state index in [-0.39, 0.29) is 11.4 Å². The molecule has 3 aliphatic heterocycles. The molecule has 8 heteroatoms. The summed E-state index contributed by atoms with van der Waals surface area (Å²) in [7, 11) is -1.34. The second kappa shape index (κ2) is 7.27. The molecule has 1 amide bonds. The molecule has 3 saturated heterocycles. The van der Waals surface area contributed by atoms with Crippen molar-refractivity contribution in [3.63, 3.8) is 0 Å². The number of hydrogen-bond acceptors (Lipinski definition) is 4. The SMILES string of the molecule is CN1CCN(S(=O)(=O)N2CCCCCC2)CC12CCNC(=O)CC2. The maximum absolute atomic E-state index is 13.1. The van der Waals surface area contributed by atoms with Gasteiger partial charge >= 0.3 is 0 Å². The quantitative estimate of drug-likeness (QED) is 0.775. The minimum absolute atomic E-state index is 0.0766. The van der Waals surface area contributed by atoms with Gasteiger partial charge in [-0.3, -0.25) is 9.69 Å². The van der Waals surface area contributed by atoms with Crippen LogP contribution in [0.15, 0.2) is 0 Å². The number of amides is 1. The second-order valence-corrected chi connectivity index (χ2v) is 9.33. The third-order valence-electron chi connectivity index (χ3n) is 5.91. The van der Waals surface area contributed by atoms with Crippen LogP contribution >= 0.6 is 0 Å². The molecule has 7 nitrogen and oxygen atoms in total. The Morgan fingerprint density at radius 3 is 2.38 bits per heavy atom. The fraction of sp³-hybridized carbons (Fsp3) is 0.938. The predicted molar refractivity (Wildman–Crippen MR) is 92.8 cm³/mol. The molecule has 0 aromatic rings. The van der Waals surface area contributed by atoms with Crippen LogP contribution in [0.25, 0.3) is 0 Å². The van der Waals surface area contributed by atoms with Crippen LogP contribution in [0.3, 0.4) is 0 Å². The first-order valence-corrected chi connectivity index (χ1v) is 10.6. The molecule has 138 valence electrons. The highest BCUT2D eigenvalue weighted by atomic mass is 32.2. The predicted octanol–water partition coefficient (Wildman–Crippen LogP) is 0.394. The number of rotatable bonds is 2. The van der Waals surface area contributed by atoms with E-state index in [1.807, 2.05) is 0 Å². The standard InChI is InChI=1S/C16H30N4O3S/c1-18-12-13-20(14-16(18)7-6-15(21)17-9-8-16)24(22,23)19-10-4-2-3-5-11-19/h2-14H2,1H3,(H,17,21). The van der Waals surface area contributed by atoms with Gasteiger partial charge in [0.1, 0.15) is 0 Å². The van der Waals surface area contributed by atoms with E-state index < -0.39 is 10.2 Å². The van der Waals surface area contributed by atoms with Gasteiger partial charge in [0, 0.05) is 51.2 Å². The van der Waals surface area contributed by atoms with E-state index in [2.05, 4.69) is 17.3 Å². The topological polar surface area (TPSA) is 73.0 Å². The van der Waals surface area contributed by atoms with E-state index in [1.54, 1.807) is 8.61 Å². The lowest BCUT2D eigenvalue weighted by Gasteiger charge is -2.49.